The molecule has 2 unspecified atom stereocenters. The van der Waals surface area contributed by atoms with Crippen LogP contribution in [-0.4, -0.2) is 34.7 Å². The second-order valence-corrected chi connectivity index (χ2v) is 7.10. The highest BCUT2D eigenvalue weighted by Gasteiger charge is 2.60. The number of hydrogen-bond acceptors (Lipinski definition) is 3. The molecule has 19 heavy (non-hydrogen) atoms. The van der Waals surface area contributed by atoms with Gasteiger partial charge in [0.15, 0.2) is 0 Å². The summed E-state index contributed by atoms with van der Waals surface area (Å²) in [6.45, 7) is 4.37. The quantitative estimate of drug-likeness (QED) is 0.790. The average molecular weight is 262 g/mol. The van der Waals surface area contributed by atoms with E-state index in [0.717, 1.165) is 51.6 Å². The first-order valence-corrected chi connectivity index (χ1v) is 7.99. The molecule has 3 nitrogen and oxygen atoms in total. The van der Waals surface area contributed by atoms with E-state index in [0.29, 0.717) is 5.92 Å². The summed E-state index contributed by atoms with van der Waals surface area (Å²) in [5.41, 5.74) is -1.22. The van der Waals surface area contributed by atoms with E-state index in [4.69, 9.17) is 0 Å². The number of hydrogen-bond donors (Lipinski definition) is 1. The zero-order chi connectivity index (χ0) is 13.5. The smallest absolute Gasteiger partial charge is 0.0999 e. The van der Waals surface area contributed by atoms with Gasteiger partial charge in [0.25, 0.3) is 0 Å². The highest BCUT2D eigenvalue weighted by Crippen LogP contribution is 2.53. The second-order valence-electron chi connectivity index (χ2n) is 7.10. The van der Waals surface area contributed by atoms with E-state index in [1.807, 2.05) is 0 Å². The highest BCUT2D eigenvalue weighted by molar-refractivity contribution is 5.19. The number of nitrogens with zero attached hydrogens (tertiary/aromatic N) is 2. The Morgan fingerprint density at radius 3 is 2.53 bits per heavy atom. The number of fused-ring (bicyclic) bond motifs is 1. The molecule has 1 saturated carbocycles. The fraction of sp³-hybridized carbons (Fsp3) is 0.938. The fourth-order valence-corrected chi connectivity index (χ4v) is 4.73. The van der Waals surface area contributed by atoms with Crippen molar-refractivity contribution in [3.05, 3.63) is 0 Å². The van der Waals surface area contributed by atoms with E-state index in [1.165, 1.54) is 12.8 Å². The van der Waals surface area contributed by atoms with Gasteiger partial charge in [-0.2, -0.15) is 5.26 Å². The molecule has 0 bridgehead atoms. The van der Waals surface area contributed by atoms with Gasteiger partial charge in [0.1, 0.15) is 0 Å². The van der Waals surface area contributed by atoms with E-state index in [-0.39, 0.29) is 6.04 Å². The lowest BCUT2D eigenvalue weighted by atomic mass is 9.59. The summed E-state index contributed by atoms with van der Waals surface area (Å²) in [4.78, 5) is 2.45. The minimum absolute atomic E-state index is 0.245. The monoisotopic (exact) mass is 262 g/mol. The van der Waals surface area contributed by atoms with Gasteiger partial charge >= 0.3 is 0 Å². The van der Waals surface area contributed by atoms with E-state index in [9.17, 15) is 10.4 Å². The molecule has 3 fully saturated rings. The van der Waals surface area contributed by atoms with Crippen molar-refractivity contribution in [1.82, 2.24) is 4.90 Å². The van der Waals surface area contributed by atoms with Crippen molar-refractivity contribution in [2.45, 2.75) is 69.9 Å². The van der Waals surface area contributed by atoms with Crippen LogP contribution in [0.25, 0.3) is 0 Å². The van der Waals surface area contributed by atoms with Crippen LogP contribution in [0, 0.1) is 22.7 Å². The van der Waals surface area contributed by atoms with Crippen LogP contribution in [0.3, 0.4) is 0 Å². The molecule has 3 heteroatoms. The molecular weight excluding hydrogens is 236 g/mol. The lowest BCUT2D eigenvalue weighted by Crippen LogP contribution is -2.58. The number of rotatable bonds is 1. The van der Waals surface area contributed by atoms with Gasteiger partial charge in [-0.25, -0.2) is 0 Å². The molecule has 0 amide bonds. The summed E-state index contributed by atoms with van der Waals surface area (Å²) in [5.74, 6) is 0.717. The first-order chi connectivity index (χ1) is 9.11. The van der Waals surface area contributed by atoms with Gasteiger partial charge in [0, 0.05) is 12.6 Å². The Labute approximate surface area is 116 Å². The first kappa shape index (κ1) is 13.4. The Kier molecular flexibility index (Phi) is 3.35. The lowest BCUT2D eigenvalue weighted by molar-refractivity contribution is -0.104. The fourth-order valence-electron chi connectivity index (χ4n) is 4.73. The molecule has 3 aliphatic rings. The molecule has 0 aromatic carbocycles. The largest absolute Gasteiger partial charge is 0.387 e. The van der Waals surface area contributed by atoms with Crippen molar-refractivity contribution >= 4 is 0 Å². The van der Waals surface area contributed by atoms with Crippen LogP contribution in [0.5, 0.6) is 0 Å². The molecule has 2 saturated heterocycles. The van der Waals surface area contributed by atoms with Crippen molar-refractivity contribution in [3.63, 3.8) is 0 Å². The minimum atomic E-state index is -0.748. The zero-order valence-electron chi connectivity index (χ0n) is 12.1. The third-order valence-electron chi connectivity index (χ3n) is 6.12. The van der Waals surface area contributed by atoms with Gasteiger partial charge in [-0.05, 0) is 57.4 Å². The van der Waals surface area contributed by atoms with Crippen LogP contribution in [0.1, 0.15) is 58.3 Å². The first-order valence-electron chi connectivity index (χ1n) is 7.99. The number of nitriles is 1. The zero-order valence-corrected chi connectivity index (χ0v) is 12.1. The van der Waals surface area contributed by atoms with E-state index >= 15 is 0 Å². The van der Waals surface area contributed by atoms with Crippen molar-refractivity contribution in [1.29, 1.82) is 5.26 Å². The highest BCUT2D eigenvalue weighted by atomic mass is 16.3. The van der Waals surface area contributed by atoms with E-state index in [1.54, 1.807) is 0 Å². The van der Waals surface area contributed by atoms with Crippen LogP contribution >= 0.6 is 0 Å². The predicted octanol–water partition coefficient (Wildman–Crippen LogP) is 2.70. The van der Waals surface area contributed by atoms with Crippen LogP contribution in [0.15, 0.2) is 0 Å². The predicted molar refractivity (Wildman–Crippen MR) is 74.5 cm³/mol. The number of aliphatic hydroxyl groups is 1. The summed E-state index contributed by atoms with van der Waals surface area (Å²) in [5, 5.41) is 21.2. The SMILES string of the molecule is CC1CCC(C#N)(C2(O)CCN3CCCCC32)CC1. The summed E-state index contributed by atoms with van der Waals surface area (Å²) in [7, 11) is 0. The van der Waals surface area contributed by atoms with Crippen LogP contribution in [0.2, 0.25) is 0 Å². The maximum atomic E-state index is 11.4. The topological polar surface area (TPSA) is 47.3 Å². The molecule has 2 aliphatic heterocycles. The molecule has 0 radical (unpaired) electrons. The second kappa shape index (κ2) is 4.75. The summed E-state index contributed by atoms with van der Waals surface area (Å²) >= 11 is 0. The van der Waals surface area contributed by atoms with Crippen LogP contribution < -0.4 is 0 Å². The van der Waals surface area contributed by atoms with Crippen molar-refractivity contribution in [2.24, 2.45) is 11.3 Å². The normalized spacial score (nSPS) is 47.6. The average Bonchev–Trinajstić information content (AvgIpc) is 2.80. The lowest BCUT2D eigenvalue weighted by Gasteiger charge is -2.49. The van der Waals surface area contributed by atoms with Gasteiger partial charge in [-0.15, -0.1) is 0 Å². The molecule has 2 atom stereocenters. The molecule has 1 aliphatic carbocycles. The number of piperidine rings is 1. The molecule has 0 spiro atoms. The molecule has 106 valence electrons. The Morgan fingerprint density at radius 1 is 1.11 bits per heavy atom. The summed E-state index contributed by atoms with van der Waals surface area (Å²) in [6, 6.07) is 2.82. The Hall–Kier alpha value is -0.590. The standard InChI is InChI=1S/C16H26N2O/c1-13-5-7-15(12-17,8-6-13)16(19)9-11-18-10-3-2-4-14(16)18/h13-14,19H,2-11H2,1H3. The molecule has 0 aromatic heterocycles. The van der Waals surface area contributed by atoms with Gasteiger partial charge < -0.3 is 5.11 Å². The van der Waals surface area contributed by atoms with Gasteiger partial charge in [0.2, 0.25) is 0 Å². The molecule has 1 N–H and O–H groups in total. The van der Waals surface area contributed by atoms with Gasteiger partial charge in [0.05, 0.1) is 17.1 Å². The van der Waals surface area contributed by atoms with Crippen LogP contribution in [0.4, 0.5) is 0 Å². The molecular formula is C16H26N2O. The van der Waals surface area contributed by atoms with Crippen molar-refractivity contribution in [2.75, 3.05) is 13.1 Å². The summed E-state index contributed by atoms with van der Waals surface area (Å²) in [6.07, 6.45) is 8.34. The maximum Gasteiger partial charge on any atom is 0.0999 e. The summed E-state index contributed by atoms with van der Waals surface area (Å²) < 4.78 is 0. The third-order valence-corrected chi connectivity index (χ3v) is 6.12. The van der Waals surface area contributed by atoms with Gasteiger partial charge in [-0.3, -0.25) is 4.90 Å². The maximum absolute atomic E-state index is 11.4. The van der Waals surface area contributed by atoms with Crippen LogP contribution in [-0.2, 0) is 0 Å². The third kappa shape index (κ3) is 1.92. The molecule has 3 rings (SSSR count). The Morgan fingerprint density at radius 2 is 1.84 bits per heavy atom. The Bertz CT molecular complexity index is 381. The molecule has 0 aromatic rings. The van der Waals surface area contributed by atoms with Crippen molar-refractivity contribution in [3.8, 4) is 6.07 Å². The van der Waals surface area contributed by atoms with Crippen molar-refractivity contribution < 1.29 is 5.11 Å². The minimum Gasteiger partial charge on any atom is -0.387 e. The Balaban J connectivity index is 1.88. The molecule has 2 heterocycles. The van der Waals surface area contributed by atoms with E-state index in [2.05, 4.69) is 17.9 Å². The van der Waals surface area contributed by atoms with Gasteiger partial charge in [-0.1, -0.05) is 13.3 Å². The van der Waals surface area contributed by atoms with E-state index < -0.39 is 11.0 Å².